The van der Waals surface area contributed by atoms with E-state index in [-0.39, 0.29) is 23.7 Å². The number of halogens is 1. The van der Waals surface area contributed by atoms with Crippen LogP contribution in [0.4, 0.5) is 5.69 Å². The third-order valence-electron chi connectivity index (χ3n) is 4.24. The number of carbonyl (C=O) groups is 1. The maximum Gasteiger partial charge on any atom is 0.236 e. The fourth-order valence-corrected chi connectivity index (χ4v) is 3.43. The molecule has 1 amide bonds. The van der Waals surface area contributed by atoms with Gasteiger partial charge in [0.05, 0.1) is 5.41 Å². The van der Waals surface area contributed by atoms with E-state index in [2.05, 4.69) is 23.2 Å². The van der Waals surface area contributed by atoms with Gasteiger partial charge in [0.1, 0.15) is 0 Å². The minimum Gasteiger partial charge on any atom is -0.325 e. The number of rotatable bonds is 2. The van der Waals surface area contributed by atoms with Crippen LogP contribution in [0.1, 0.15) is 31.7 Å². The van der Waals surface area contributed by atoms with E-state index in [4.69, 9.17) is 0 Å². The average Bonchev–Trinajstić information content (AvgIpc) is 2.64. The summed E-state index contributed by atoms with van der Waals surface area (Å²) < 4.78 is 0. The van der Waals surface area contributed by atoms with Gasteiger partial charge in [0, 0.05) is 12.2 Å². The van der Waals surface area contributed by atoms with Gasteiger partial charge in [-0.2, -0.15) is 0 Å². The number of hydrogen-bond donors (Lipinski definition) is 1. The Morgan fingerprint density at radius 2 is 2.16 bits per heavy atom. The molecule has 3 nitrogen and oxygen atoms in total. The summed E-state index contributed by atoms with van der Waals surface area (Å²) in [7, 11) is 0. The number of nitrogens with zero attached hydrogens (tertiary/aromatic N) is 1. The second-order valence-corrected chi connectivity index (χ2v) is 5.46. The van der Waals surface area contributed by atoms with Crippen molar-refractivity contribution in [3.05, 3.63) is 29.8 Å². The Morgan fingerprint density at radius 1 is 1.37 bits per heavy atom. The summed E-state index contributed by atoms with van der Waals surface area (Å²) in [5.41, 5.74) is 1.93. The number of fused-ring (bicyclic) bond motifs is 2. The third kappa shape index (κ3) is 2.26. The van der Waals surface area contributed by atoms with Gasteiger partial charge in [-0.15, -0.1) is 12.4 Å². The van der Waals surface area contributed by atoms with Crippen molar-refractivity contribution in [3.63, 3.8) is 0 Å². The Bertz CT molecular complexity index is 475. The Kier molecular flexibility index (Phi) is 4.16. The first kappa shape index (κ1) is 14.4. The van der Waals surface area contributed by atoms with Crippen LogP contribution in [0.2, 0.25) is 0 Å². The summed E-state index contributed by atoms with van der Waals surface area (Å²) in [4.78, 5) is 14.9. The lowest BCUT2D eigenvalue weighted by molar-refractivity contribution is -0.122. The van der Waals surface area contributed by atoms with Gasteiger partial charge in [-0.1, -0.05) is 25.1 Å². The average molecular weight is 281 g/mol. The third-order valence-corrected chi connectivity index (χ3v) is 4.24. The number of anilines is 1. The van der Waals surface area contributed by atoms with Crippen LogP contribution in [0, 0.1) is 0 Å². The number of carbonyl (C=O) groups excluding carboxylic acids is 1. The van der Waals surface area contributed by atoms with E-state index in [0.717, 1.165) is 44.6 Å². The lowest BCUT2D eigenvalue weighted by Crippen LogP contribution is -2.50. The summed E-state index contributed by atoms with van der Waals surface area (Å²) in [6, 6.07) is 8.16. The monoisotopic (exact) mass is 280 g/mol. The first-order valence-electron chi connectivity index (χ1n) is 6.89. The highest BCUT2D eigenvalue weighted by Gasteiger charge is 2.48. The number of hydrogen-bond acceptors (Lipinski definition) is 2. The van der Waals surface area contributed by atoms with Crippen molar-refractivity contribution in [2.75, 3.05) is 25.0 Å². The van der Waals surface area contributed by atoms with Gasteiger partial charge < -0.3 is 10.2 Å². The predicted octanol–water partition coefficient (Wildman–Crippen LogP) is 2.80. The predicted molar refractivity (Wildman–Crippen MR) is 80.0 cm³/mol. The van der Waals surface area contributed by atoms with Gasteiger partial charge in [0.2, 0.25) is 5.91 Å². The number of para-hydroxylation sites is 1. The number of likely N-dealkylation sites (tertiary alicyclic amines) is 1. The number of piperidine rings is 1. The fraction of sp³-hybridized carbons (Fsp3) is 0.533. The van der Waals surface area contributed by atoms with Gasteiger partial charge >= 0.3 is 0 Å². The molecular weight excluding hydrogens is 260 g/mol. The summed E-state index contributed by atoms with van der Waals surface area (Å²) >= 11 is 0. The van der Waals surface area contributed by atoms with Crippen molar-refractivity contribution in [2.45, 2.75) is 31.6 Å². The van der Waals surface area contributed by atoms with E-state index in [1.807, 2.05) is 18.2 Å². The van der Waals surface area contributed by atoms with E-state index >= 15 is 0 Å². The van der Waals surface area contributed by atoms with Crippen LogP contribution in [0.15, 0.2) is 24.3 Å². The molecule has 2 aliphatic heterocycles. The zero-order valence-electron chi connectivity index (χ0n) is 11.3. The highest BCUT2D eigenvalue weighted by Crippen LogP contribution is 2.43. The molecule has 104 valence electrons. The first-order chi connectivity index (χ1) is 8.76. The molecule has 0 saturated carbocycles. The highest BCUT2D eigenvalue weighted by molar-refractivity contribution is 6.06. The second-order valence-electron chi connectivity index (χ2n) is 5.46. The molecule has 4 heteroatoms. The molecule has 1 spiro atoms. The molecular formula is C15H21ClN2O. The molecule has 1 aromatic carbocycles. The largest absolute Gasteiger partial charge is 0.325 e. The first-order valence-corrected chi connectivity index (χ1v) is 6.89. The zero-order valence-corrected chi connectivity index (χ0v) is 12.1. The van der Waals surface area contributed by atoms with Crippen LogP contribution in [-0.2, 0) is 10.2 Å². The molecule has 1 saturated heterocycles. The summed E-state index contributed by atoms with van der Waals surface area (Å²) in [6.07, 6.45) is 3.25. The molecule has 2 heterocycles. The van der Waals surface area contributed by atoms with Crippen molar-refractivity contribution in [1.82, 2.24) is 4.90 Å². The van der Waals surface area contributed by atoms with Crippen molar-refractivity contribution in [2.24, 2.45) is 0 Å². The quantitative estimate of drug-likeness (QED) is 0.903. The molecule has 2 aliphatic rings. The number of nitrogens with one attached hydrogen (secondary N) is 1. The lowest BCUT2D eigenvalue weighted by atomic mass is 9.75. The van der Waals surface area contributed by atoms with E-state index in [0.29, 0.717) is 0 Å². The molecule has 0 aromatic heterocycles. The topological polar surface area (TPSA) is 32.3 Å². The zero-order chi connectivity index (χ0) is 12.6. The molecule has 0 bridgehead atoms. The summed E-state index contributed by atoms with van der Waals surface area (Å²) in [5, 5.41) is 3.05. The maximum absolute atomic E-state index is 12.4. The molecule has 19 heavy (non-hydrogen) atoms. The van der Waals surface area contributed by atoms with Gasteiger partial charge in [0.15, 0.2) is 0 Å². The lowest BCUT2D eigenvalue weighted by Gasteiger charge is -2.39. The molecule has 1 aromatic rings. The van der Waals surface area contributed by atoms with Crippen molar-refractivity contribution < 1.29 is 4.79 Å². The van der Waals surface area contributed by atoms with Crippen LogP contribution in [-0.4, -0.2) is 30.4 Å². The molecule has 0 aliphatic carbocycles. The van der Waals surface area contributed by atoms with E-state index in [1.54, 1.807) is 0 Å². The van der Waals surface area contributed by atoms with Gasteiger partial charge in [0.25, 0.3) is 0 Å². The number of amides is 1. The normalized spacial score (nSPS) is 25.8. The van der Waals surface area contributed by atoms with Crippen LogP contribution in [0.3, 0.4) is 0 Å². The molecule has 3 rings (SSSR count). The van der Waals surface area contributed by atoms with E-state index < -0.39 is 0 Å². The minimum absolute atomic E-state index is 0. The van der Waals surface area contributed by atoms with Crippen molar-refractivity contribution in [1.29, 1.82) is 0 Å². The van der Waals surface area contributed by atoms with Gasteiger partial charge in [-0.25, -0.2) is 0 Å². The Balaban J connectivity index is 0.00000133. The molecule has 1 atom stereocenters. The van der Waals surface area contributed by atoms with E-state index in [1.165, 1.54) is 5.56 Å². The smallest absolute Gasteiger partial charge is 0.236 e. The van der Waals surface area contributed by atoms with Crippen molar-refractivity contribution in [3.8, 4) is 0 Å². The summed E-state index contributed by atoms with van der Waals surface area (Å²) in [5.74, 6) is 0.199. The van der Waals surface area contributed by atoms with Gasteiger partial charge in [-0.05, 0) is 44.0 Å². The Hall–Kier alpha value is -1.06. The maximum atomic E-state index is 12.4. The van der Waals surface area contributed by atoms with Crippen molar-refractivity contribution >= 4 is 24.0 Å². The van der Waals surface area contributed by atoms with Gasteiger partial charge in [-0.3, -0.25) is 4.79 Å². The highest BCUT2D eigenvalue weighted by atomic mass is 35.5. The van der Waals surface area contributed by atoms with Crippen LogP contribution >= 0.6 is 12.4 Å². The Labute approximate surface area is 120 Å². The molecule has 1 fully saturated rings. The number of benzene rings is 1. The van der Waals surface area contributed by atoms with Crippen LogP contribution < -0.4 is 5.32 Å². The van der Waals surface area contributed by atoms with Crippen LogP contribution in [0.5, 0.6) is 0 Å². The molecule has 0 unspecified atom stereocenters. The second kappa shape index (κ2) is 5.51. The fourth-order valence-electron chi connectivity index (χ4n) is 3.43. The van der Waals surface area contributed by atoms with Crippen LogP contribution in [0.25, 0.3) is 0 Å². The minimum atomic E-state index is -0.288. The van der Waals surface area contributed by atoms with E-state index in [9.17, 15) is 4.79 Å². The Morgan fingerprint density at radius 3 is 2.95 bits per heavy atom. The molecule has 1 N–H and O–H groups in total. The standard InChI is InChI=1S/C15H20N2O.ClH/c1-2-9-17-10-5-8-15(11-17)12-6-3-4-7-13(12)16-14(15)18;/h3-4,6-7H,2,5,8-11H2,1H3,(H,16,18);1H/t15-;/m1./s1. The summed E-state index contributed by atoms with van der Waals surface area (Å²) in [6.45, 7) is 5.30. The SMILES string of the molecule is CCCN1CCC[C@]2(C1)C(=O)Nc1ccccc12.Cl. The molecule has 0 radical (unpaired) electrons.